The van der Waals surface area contributed by atoms with Gasteiger partial charge >= 0.3 is 5.97 Å². The largest absolute Gasteiger partial charge is 0.497 e. The third kappa shape index (κ3) is 6.40. The minimum Gasteiger partial charge on any atom is -0.497 e. The van der Waals surface area contributed by atoms with E-state index in [0.29, 0.717) is 13.0 Å². The van der Waals surface area contributed by atoms with Crippen molar-refractivity contribution in [2.24, 2.45) is 0 Å². The van der Waals surface area contributed by atoms with Gasteiger partial charge in [0.15, 0.2) is 0 Å². The summed E-state index contributed by atoms with van der Waals surface area (Å²) in [5, 5.41) is 0. The second kappa shape index (κ2) is 8.39. The van der Waals surface area contributed by atoms with Gasteiger partial charge in [0.25, 0.3) is 0 Å². The molecule has 0 aliphatic rings. The van der Waals surface area contributed by atoms with Gasteiger partial charge in [0, 0.05) is 6.42 Å². The molecule has 0 amide bonds. The summed E-state index contributed by atoms with van der Waals surface area (Å²) in [5.74, 6) is -0.163. The second-order valence-corrected chi connectivity index (χ2v) is 3.64. The van der Waals surface area contributed by atoms with Crippen molar-refractivity contribution in [3.63, 3.8) is 0 Å². The summed E-state index contributed by atoms with van der Waals surface area (Å²) in [6, 6.07) is 9.99. The number of unbranched alkanes of at least 4 members (excludes halogenated alkanes) is 1. The number of carbonyl (C=O) groups is 1. The molecule has 1 rings (SSSR count). The standard InChI is InChI=1S/C14H18O3/c1-16-14(15)10-6-3-7-11-17-12-13-8-4-2-5-9-13/h2,4-5,7-9,11H,3,6,10,12H2,1H3/b11-7+. The van der Waals surface area contributed by atoms with Crippen LogP contribution in [0.15, 0.2) is 42.7 Å². The highest BCUT2D eigenvalue weighted by Crippen LogP contribution is 2.02. The molecule has 3 nitrogen and oxygen atoms in total. The second-order valence-electron chi connectivity index (χ2n) is 3.64. The third-order valence-electron chi connectivity index (χ3n) is 2.26. The Morgan fingerprint density at radius 1 is 1.29 bits per heavy atom. The molecule has 17 heavy (non-hydrogen) atoms. The van der Waals surface area contributed by atoms with Crippen LogP contribution in [0.25, 0.3) is 0 Å². The van der Waals surface area contributed by atoms with E-state index in [1.165, 1.54) is 7.11 Å². The zero-order valence-electron chi connectivity index (χ0n) is 10.1. The van der Waals surface area contributed by atoms with E-state index >= 15 is 0 Å². The maximum absolute atomic E-state index is 10.8. The lowest BCUT2D eigenvalue weighted by atomic mass is 10.2. The molecule has 92 valence electrons. The molecule has 0 unspecified atom stereocenters. The van der Waals surface area contributed by atoms with Gasteiger partial charge in [-0.2, -0.15) is 0 Å². The first-order valence-corrected chi connectivity index (χ1v) is 5.70. The minimum atomic E-state index is -0.163. The van der Waals surface area contributed by atoms with Gasteiger partial charge in [0.2, 0.25) is 0 Å². The molecule has 0 saturated carbocycles. The van der Waals surface area contributed by atoms with Crippen LogP contribution in [-0.2, 0) is 20.9 Å². The SMILES string of the molecule is COC(=O)CCC/C=C/OCc1ccccc1. The van der Waals surface area contributed by atoms with Crippen LogP contribution in [0.4, 0.5) is 0 Å². The minimum absolute atomic E-state index is 0.163. The Hall–Kier alpha value is -1.77. The summed E-state index contributed by atoms with van der Waals surface area (Å²) in [5.41, 5.74) is 1.15. The van der Waals surface area contributed by atoms with Gasteiger partial charge in [-0.05, 0) is 24.5 Å². The van der Waals surface area contributed by atoms with Crippen molar-refractivity contribution in [3.8, 4) is 0 Å². The Kier molecular flexibility index (Phi) is 6.56. The van der Waals surface area contributed by atoms with Crippen molar-refractivity contribution in [2.75, 3.05) is 7.11 Å². The van der Waals surface area contributed by atoms with Crippen molar-refractivity contribution >= 4 is 5.97 Å². The Bertz CT molecular complexity index is 344. The molecule has 1 aromatic carbocycles. The smallest absolute Gasteiger partial charge is 0.305 e. The van der Waals surface area contributed by atoms with Crippen LogP contribution in [0.5, 0.6) is 0 Å². The van der Waals surface area contributed by atoms with Crippen molar-refractivity contribution < 1.29 is 14.3 Å². The molecule has 0 spiro atoms. The Labute approximate surface area is 102 Å². The molecule has 0 fully saturated rings. The number of benzene rings is 1. The summed E-state index contributed by atoms with van der Waals surface area (Å²) in [7, 11) is 1.40. The molecule has 0 atom stereocenters. The number of carbonyl (C=O) groups excluding carboxylic acids is 1. The zero-order valence-corrected chi connectivity index (χ0v) is 10.1. The molecular weight excluding hydrogens is 216 g/mol. The number of hydrogen-bond donors (Lipinski definition) is 0. The highest BCUT2D eigenvalue weighted by molar-refractivity contribution is 5.68. The molecule has 0 aliphatic carbocycles. The summed E-state index contributed by atoms with van der Waals surface area (Å²) in [6.07, 6.45) is 5.68. The first-order chi connectivity index (χ1) is 8.33. The van der Waals surface area contributed by atoms with Gasteiger partial charge in [-0.3, -0.25) is 4.79 Å². The van der Waals surface area contributed by atoms with E-state index in [0.717, 1.165) is 18.4 Å². The number of methoxy groups -OCH3 is 1. The first kappa shape index (κ1) is 13.3. The topological polar surface area (TPSA) is 35.5 Å². The maximum atomic E-state index is 10.8. The lowest BCUT2D eigenvalue weighted by molar-refractivity contribution is -0.140. The number of hydrogen-bond acceptors (Lipinski definition) is 3. The lowest BCUT2D eigenvalue weighted by Gasteiger charge is -2.00. The first-order valence-electron chi connectivity index (χ1n) is 5.70. The molecular formula is C14H18O3. The predicted octanol–water partition coefficient (Wildman–Crippen LogP) is 3.06. The zero-order chi connectivity index (χ0) is 12.3. The fourth-order valence-corrected chi connectivity index (χ4v) is 1.32. The van der Waals surface area contributed by atoms with Crippen molar-refractivity contribution in [3.05, 3.63) is 48.2 Å². The number of ether oxygens (including phenoxy) is 2. The van der Waals surface area contributed by atoms with Crippen LogP contribution in [0.1, 0.15) is 24.8 Å². The quantitative estimate of drug-likeness (QED) is 0.413. The summed E-state index contributed by atoms with van der Waals surface area (Å²) >= 11 is 0. The van der Waals surface area contributed by atoms with E-state index < -0.39 is 0 Å². The molecule has 0 aliphatic heterocycles. The average molecular weight is 234 g/mol. The Balaban J connectivity index is 2.05. The fraction of sp³-hybridized carbons (Fsp3) is 0.357. The molecule has 0 radical (unpaired) electrons. The number of allylic oxidation sites excluding steroid dienone is 1. The van der Waals surface area contributed by atoms with Crippen molar-refractivity contribution in [1.29, 1.82) is 0 Å². The van der Waals surface area contributed by atoms with Gasteiger partial charge < -0.3 is 9.47 Å². The molecule has 0 heterocycles. The number of rotatable bonds is 7. The van der Waals surface area contributed by atoms with Crippen molar-refractivity contribution in [1.82, 2.24) is 0 Å². The Morgan fingerprint density at radius 3 is 2.76 bits per heavy atom. The van der Waals surface area contributed by atoms with E-state index in [4.69, 9.17) is 4.74 Å². The van der Waals surface area contributed by atoms with E-state index in [-0.39, 0.29) is 5.97 Å². The molecule has 0 bridgehead atoms. The van der Waals surface area contributed by atoms with Crippen LogP contribution >= 0.6 is 0 Å². The summed E-state index contributed by atoms with van der Waals surface area (Å²) in [6.45, 7) is 0.578. The summed E-state index contributed by atoms with van der Waals surface area (Å²) < 4.78 is 9.90. The summed E-state index contributed by atoms with van der Waals surface area (Å²) in [4.78, 5) is 10.8. The van der Waals surface area contributed by atoms with Crippen LogP contribution in [-0.4, -0.2) is 13.1 Å². The normalized spacial score (nSPS) is 10.4. The lowest BCUT2D eigenvalue weighted by Crippen LogP contribution is -1.98. The van der Waals surface area contributed by atoms with E-state index in [1.807, 2.05) is 36.4 Å². The molecule has 1 aromatic rings. The predicted molar refractivity (Wildman–Crippen MR) is 66.2 cm³/mol. The van der Waals surface area contributed by atoms with Gasteiger partial charge in [0.05, 0.1) is 13.4 Å². The van der Waals surface area contributed by atoms with E-state index in [2.05, 4.69) is 4.74 Å². The monoisotopic (exact) mass is 234 g/mol. The van der Waals surface area contributed by atoms with Crippen LogP contribution in [0.2, 0.25) is 0 Å². The molecule has 0 aromatic heterocycles. The van der Waals surface area contributed by atoms with Gasteiger partial charge in [-0.1, -0.05) is 30.3 Å². The van der Waals surface area contributed by atoms with Crippen molar-refractivity contribution in [2.45, 2.75) is 25.9 Å². The van der Waals surface area contributed by atoms with Crippen LogP contribution in [0, 0.1) is 0 Å². The average Bonchev–Trinajstić information content (AvgIpc) is 2.38. The van der Waals surface area contributed by atoms with E-state index in [1.54, 1.807) is 6.26 Å². The fourth-order valence-electron chi connectivity index (χ4n) is 1.32. The highest BCUT2D eigenvalue weighted by Gasteiger charge is 1.96. The van der Waals surface area contributed by atoms with Crippen LogP contribution in [0.3, 0.4) is 0 Å². The maximum Gasteiger partial charge on any atom is 0.305 e. The van der Waals surface area contributed by atoms with Crippen LogP contribution < -0.4 is 0 Å². The number of esters is 1. The molecule has 0 saturated heterocycles. The molecule has 3 heteroatoms. The van der Waals surface area contributed by atoms with Gasteiger partial charge in [-0.25, -0.2) is 0 Å². The highest BCUT2D eigenvalue weighted by atomic mass is 16.5. The van der Waals surface area contributed by atoms with Gasteiger partial charge in [-0.15, -0.1) is 0 Å². The Morgan fingerprint density at radius 2 is 2.06 bits per heavy atom. The third-order valence-corrected chi connectivity index (χ3v) is 2.26. The van der Waals surface area contributed by atoms with E-state index in [9.17, 15) is 4.79 Å². The molecule has 0 N–H and O–H groups in total. The van der Waals surface area contributed by atoms with Gasteiger partial charge in [0.1, 0.15) is 6.61 Å².